The summed E-state index contributed by atoms with van der Waals surface area (Å²) in [6.45, 7) is 6.04. The van der Waals surface area contributed by atoms with Gasteiger partial charge in [-0.05, 0) is 57.2 Å². The van der Waals surface area contributed by atoms with Gasteiger partial charge in [0.1, 0.15) is 17.3 Å². The maximum Gasteiger partial charge on any atom is 0.259 e. The summed E-state index contributed by atoms with van der Waals surface area (Å²) in [5.74, 6) is 0.622. The van der Waals surface area contributed by atoms with Crippen molar-refractivity contribution in [1.29, 1.82) is 0 Å². The molecular formula is C24H23FN4O5S. The number of nitrogens with zero attached hydrogens (tertiary/aromatic N) is 4. The number of aromatic nitrogens is 2. The van der Waals surface area contributed by atoms with Crippen molar-refractivity contribution in [2.75, 3.05) is 26.2 Å². The van der Waals surface area contributed by atoms with E-state index in [1.807, 2.05) is 19.9 Å². The minimum absolute atomic E-state index is 0.0185. The van der Waals surface area contributed by atoms with Crippen LogP contribution in [-0.4, -0.2) is 59.8 Å². The Morgan fingerprint density at radius 2 is 1.71 bits per heavy atom. The van der Waals surface area contributed by atoms with E-state index in [0.29, 0.717) is 28.1 Å². The van der Waals surface area contributed by atoms with Gasteiger partial charge in [0, 0.05) is 31.7 Å². The molecule has 1 aliphatic heterocycles. The minimum Gasteiger partial charge on any atom is -0.466 e. The van der Waals surface area contributed by atoms with Gasteiger partial charge in [0.05, 0.1) is 27.2 Å². The summed E-state index contributed by atoms with van der Waals surface area (Å²) in [6, 6.07) is 8.26. The molecular weight excluding hydrogens is 475 g/mol. The molecule has 35 heavy (non-hydrogen) atoms. The average molecular weight is 499 g/mol. The number of carbonyl (C=O) groups excluding carboxylic acids is 1. The van der Waals surface area contributed by atoms with Crippen molar-refractivity contribution < 1.29 is 26.5 Å². The average Bonchev–Trinajstić information content (AvgIpc) is 3.39. The standard InChI is InChI=1S/C24H23FN4O5S/c1-14-12-19(16(3)33-14)21-13-20(22-15(2)27-34-23(22)26-21)24(30)28-8-10-29(11-9-28)35(31,32)18-6-4-17(25)5-7-18/h4-7,12-13H,8-11H2,1-3H3. The smallest absolute Gasteiger partial charge is 0.259 e. The van der Waals surface area contributed by atoms with Crippen molar-refractivity contribution >= 4 is 27.0 Å². The number of hydrogen-bond donors (Lipinski definition) is 0. The van der Waals surface area contributed by atoms with Crippen molar-refractivity contribution in [1.82, 2.24) is 19.3 Å². The fraction of sp³-hybridized carbons (Fsp3) is 0.292. The minimum atomic E-state index is -3.79. The summed E-state index contributed by atoms with van der Waals surface area (Å²) >= 11 is 0. The molecule has 4 aromatic rings. The second-order valence-electron chi connectivity index (χ2n) is 8.48. The molecule has 3 aromatic heterocycles. The Kier molecular flexibility index (Phi) is 5.68. The van der Waals surface area contributed by atoms with E-state index in [9.17, 15) is 17.6 Å². The van der Waals surface area contributed by atoms with Gasteiger partial charge in [-0.3, -0.25) is 4.79 Å². The van der Waals surface area contributed by atoms with E-state index >= 15 is 0 Å². The molecule has 182 valence electrons. The van der Waals surface area contributed by atoms with Crippen LogP contribution in [0.4, 0.5) is 4.39 Å². The van der Waals surface area contributed by atoms with Crippen LogP contribution < -0.4 is 0 Å². The first-order valence-corrected chi connectivity index (χ1v) is 12.5. The largest absolute Gasteiger partial charge is 0.466 e. The van der Waals surface area contributed by atoms with Crippen LogP contribution in [0.2, 0.25) is 0 Å². The number of aryl methyl sites for hydroxylation is 3. The van der Waals surface area contributed by atoms with Crippen LogP contribution >= 0.6 is 0 Å². The molecule has 1 aliphatic rings. The Bertz CT molecular complexity index is 1530. The summed E-state index contributed by atoms with van der Waals surface area (Å²) in [6.07, 6.45) is 0. The summed E-state index contributed by atoms with van der Waals surface area (Å²) < 4.78 is 51.4. The lowest BCUT2D eigenvalue weighted by Gasteiger charge is -2.34. The number of sulfonamides is 1. The van der Waals surface area contributed by atoms with E-state index < -0.39 is 15.8 Å². The zero-order valence-corrected chi connectivity index (χ0v) is 20.2. The Morgan fingerprint density at radius 1 is 1.03 bits per heavy atom. The second-order valence-corrected chi connectivity index (χ2v) is 10.4. The third-order valence-electron chi connectivity index (χ3n) is 6.14. The first kappa shape index (κ1) is 23.2. The molecule has 0 bridgehead atoms. The highest BCUT2D eigenvalue weighted by Crippen LogP contribution is 2.31. The summed E-state index contributed by atoms with van der Waals surface area (Å²) in [5.41, 5.74) is 2.46. The van der Waals surface area contributed by atoms with Crippen LogP contribution in [0, 0.1) is 26.6 Å². The fourth-order valence-corrected chi connectivity index (χ4v) is 5.77. The molecule has 1 aromatic carbocycles. The summed E-state index contributed by atoms with van der Waals surface area (Å²) in [7, 11) is -3.79. The molecule has 5 rings (SSSR count). The predicted octanol–water partition coefficient (Wildman–Crippen LogP) is 3.69. The van der Waals surface area contributed by atoms with Crippen LogP contribution in [0.3, 0.4) is 0 Å². The monoisotopic (exact) mass is 498 g/mol. The van der Waals surface area contributed by atoms with Crippen molar-refractivity contribution in [2.45, 2.75) is 25.7 Å². The molecule has 1 saturated heterocycles. The molecule has 0 atom stereocenters. The zero-order valence-electron chi connectivity index (χ0n) is 19.4. The molecule has 0 N–H and O–H groups in total. The number of rotatable bonds is 4. The normalized spacial score (nSPS) is 15.1. The topological polar surface area (TPSA) is 110 Å². The van der Waals surface area contributed by atoms with Crippen LogP contribution in [0.5, 0.6) is 0 Å². The van der Waals surface area contributed by atoms with Gasteiger partial charge in [0.2, 0.25) is 10.0 Å². The number of furan rings is 1. The fourth-order valence-electron chi connectivity index (χ4n) is 4.34. The molecule has 0 unspecified atom stereocenters. The summed E-state index contributed by atoms with van der Waals surface area (Å²) in [5, 5.41) is 4.51. The number of fused-ring (bicyclic) bond motifs is 1. The third-order valence-corrected chi connectivity index (χ3v) is 8.05. The van der Waals surface area contributed by atoms with Gasteiger partial charge in [-0.2, -0.15) is 4.31 Å². The number of amides is 1. The Morgan fingerprint density at radius 3 is 2.34 bits per heavy atom. The second kappa shape index (κ2) is 8.58. The maximum absolute atomic E-state index is 13.6. The molecule has 0 aliphatic carbocycles. The van der Waals surface area contributed by atoms with E-state index in [-0.39, 0.29) is 42.7 Å². The number of benzene rings is 1. The lowest BCUT2D eigenvalue weighted by molar-refractivity contribution is 0.0699. The molecule has 11 heteroatoms. The number of halogens is 1. The van der Waals surface area contributed by atoms with E-state index in [4.69, 9.17) is 8.94 Å². The third kappa shape index (κ3) is 4.10. The van der Waals surface area contributed by atoms with E-state index in [1.165, 1.54) is 16.4 Å². The van der Waals surface area contributed by atoms with Crippen molar-refractivity contribution in [3.05, 3.63) is 65.0 Å². The van der Waals surface area contributed by atoms with Gasteiger partial charge in [0.15, 0.2) is 0 Å². The molecule has 4 heterocycles. The van der Waals surface area contributed by atoms with Crippen LogP contribution in [0.15, 0.2) is 50.2 Å². The maximum atomic E-state index is 13.6. The molecule has 1 amide bonds. The highest BCUT2D eigenvalue weighted by Gasteiger charge is 2.32. The van der Waals surface area contributed by atoms with E-state index in [1.54, 1.807) is 17.9 Å². The zero-order chi connectivity index (χ0) is 24.9. The number of piperazine rings is 1. The predicted molar refractivity (Wildman–Crippen MR) is 125 cm³/mol. The quantitative estimate of drug-likeness (QED) is 0.422. The van der Waals surface area contributed by atoms with Gasteiger partial charge < -0.3 is 13.8 Å². The lowest BCUT2D eigenvalue weighted by Crippen LogP contribution is -2.50. The van der Waals surface area contributed by atoms with Gasteiger partial charge in [0.25, 0.3) is 11.6 Å². The first-order valence-electron chi connectivity index (χ1n) is 11.0. The van der Waals surface area contributed by atoms with E-state index in [0.717, 1.165) is 23.5 Å². The van der Waals surface area contributed by atoms with Crippen LogP contribution in [-0.2, 0) is 10.0 Å². The highest BCUT2D eigenvalue weighted by molar-refractivity contribution is 7.89. The Balaban J connectivity index is 1.43. The van der Waals surface area contributed by atoms with E-state index in [2.05, 4.69) is 10.1 Å². The van der Waals surface area contributed by atoms with Crippen LogP contribution in [0.25, 0.3) is 22.4 Å². The molecule has 9 nitrogen and oxygen atoms in total. The number of hydrogen-bond acceptors (Lipinski definition) is 7. The van der Waals surface area contributed by atoms with Crippen molar-refractivity contribution in [3.63, 3.8) is 0 Å². The molecule has 1 fully saturated rings. The Labute approximate surface area is 201 Å². The summed E-state index contributed by atoms with van der Waals surface area (Å²) in [4.78, 5) is 19.8. The number of pyridine rings is 1. The van der Waals surface area contributed by atoms with Gasteiger partial charge >= 0.3 is 0 Å². The van der Waals surface area contributed by atoms with Crippen LogP contribution in [0.1, 0.15) is 27.6 Å². The van der Waals surface area contributed by atoms with Gasteiger partial charge in [-0.15, -0.1) is 0 Å². The first-order chi connectivity index (χ1) is 16.6. The molecule has 0 spiro atoms. The lowest BCUT2D eigenvalue weighted by atomic mass is 10.0. The highest BCUT2D eigenvalue weighted by atomic mass is 32.2. The number of carbonyl (C=O) groups is 1. The Hall–Kier alpha value is -3.57. The molecule has 0 saturated carbocycles. The van der Waals surface area contributed by atoms with Crippen molar-refractivity contribution in [2.24, 2.45) is 0 Å². The van der Waals surface area contributed by atoms with Crippen molar-refractivity contribution in [3.8, 4) is 11.3 Å². The van der Waals surface area contributed by atoms with Gasteiger partial charge in [-0.1, -0.05) is 5.16 Å². The van der Waals surface area contributed by atoms with Gasteiger partial charge in [-0.25, -0.2) is 17.8 Å². The SMILES string of the molecule is Cc1cc(-c2cc(C(=O)N3CCN(S(=O)(=O)c4ccc(F)cc4)CC3)c3c(C)noc3n2)c(C)o1. The molecule has 0 radical (unpaired) electrons.